The molecular formula is C13H15FN2O4. The van der Waals surface area contributed by atoms with E-state index >= 15 is 0 Å². The molecule has 0 saturated carbocycles. The Morgan fingerprint density at radius 1 is 1.30 bits per heavy atom. The van der Waals surface area contributed by atoms with E-state index in [2.05, 4.69) is 5.32 Å². The lowest BCUT2D eigenvalue weighted by molar-refractivity contribution is -0.122. The van der Waals surface area contributed by atoms with Crippen LogP contribution in [0.4, 0.5) is 9.18 Å². The van der Waals surface area contributed by atoms with Gasteiger partial charge in [-0.25, -0.2) is 9.18 Å². The first kappa shape index (κ1) is 15.6. The van der Waals surface area contributed by atoms with Crippen LogP contribution in [-0.4, -0.2) is 30.9 Å². The van der Waals surface area contributed by atoms with Gasteiger partial charge in [0.2, 0.25) is 0 Å². The quantitative estimate of drug-likeness (QED) is 0.796. The minimum Gasteiger partial charge on any atom is -0.483 e. The molecule has 0 saturated heterocycles. The highest BCUT2D eigenvalue weighted by atomic mass is 19.1. The van der Waals surface area contributed by atoms with Crippen molar-refractivity contribution >= 4 is 17.7 Å². The summed E-state index contributed by atoms with van der Waals surface area (Å²) in [5.74, 6) is -1.54. The summed E-state index contributed by atoms with van der Waals surface area (Å²) in [6.07, 6.45) is 0. The fourth-order valence-electron chi connectivity index (χ4n) is 1.41. The maximum Gasteiger partial charge on any atom is 0.321 e. The molecule has 0 aliphatic carbocycles. The zero-order valence-electron chi connectivity index (χ0n) is 11.2. The molecule has 3 amide bonds. The molecule has 1 aromatic rings. The molecule has 7 heteroatoms. The fraction of sp³-hybridized carbons (Fsp3) is 0.308. The van der Waals surface area contributed by atoms with Gasteiger partial charge in [0.15, 0.2) is 12.4 Å². The van der Waals surface area contributed by atoms with Crippen LogP contribution in [0.2, 0.25) is 0 Å². The van der Waals surface area contributed by atoms with Gasteiger partial charge in [-0.1, -0.05) is 0 Å². The number of carbonyl (C=O) groups excluding carboxylic acids is 3. The van der Waals surface area contributed by atoms with Crippen LogP contribution >= 0.6 is 0 Å². The highest BCUT2D eigenvalue weighted by Gasteiger charge is 2.12. The molecule has 0 spiro atoms. The van der Waals surface area contributed by atoms with E-state index in [0.717, 1.165) is 12.1 Å². The van der Waals surface area contributed by atoms with E-state index in [4.69, 9.17) is 4.74 Å². The minimum atomic E-state index is -0.672. The molecule has 6 nitrogen and oxygen atoms in total. The topological polar surface area (TPSA) is 84.5 Å². The molecule has 1 rings (SSSR count). The molecule has 108 valence electrons. The van der Waals surface area contributed by atoms with Gasteiger partial charge in [0, 0.05) is 6.54 Å². The largest absolute Gasteiger partial charge is 0.483 e. The normalized spacial score (nSPS) is 9.75. The summed E-state index contributed by atoms with van der Waals surface area (Å²) < 4.78 is 18.1. The van der Waals surface area contributed by atoms with Crippen molar-refractivity contribution in [3.63, 3.8) is 0 Å². The Bertz CT molecular complexity index is 531. The van der Waals surface area contributed by atoms with E-state index in [0.29, 0.717) is 6.54 Å². The highest BCUT2D eigenvalue weighted by molar-refractivity contribution is 5.97. The maximum absolute atomic E-state index is 13.0. The first-order valence-electron chi connectivity index (χ1n) is 5.95. The average molecular weight is 282 g/mol. The van der Waals surface area contributed by atoms with Crippen LogP contribution in [0.1, 0.15) is 24.2 Å². The van der Waals surface area contributed by atoms with E-state index in [-0.39, 0.29) is 17.1 Å². The number of hydrogen-bond donors (Lipinski definition) is 2. The molecule has 0 fully saturated rings. The van der Waals surface area contributed by atoms with E-state index in [1.807, 2.05) is 5.32 Å². The van der Waals surface area contributed by atoms with Gasteiger partial charge in [-0.3, -0.25) is 14.9 Å². The average Bonchev–Trinajstić information content (AvgIpc) is 2.37. The zero-order chi connectivity index (χ0) is 15.1. The Balaban J connectivity index is 2.64. The van der Waals surface area contributed by atoms with Crippen molar-refractivity contribution < 1.29 is 23.5 Å². The van der Waals surface area contributed by atoms with Crippen molar-refractivity contribution in [3.8, 4) is 5.75 Å². The second kappa shape index (κ2) is 7.22. The molecule has 0 aromatic heterocycles. The summed E-state index contributed by atoms with van der Waals surface area (Å²) in [4.78, 5) is 33.8. The van der Waals surface area contributed by atoms with Crippen molar-refractivity contribution in [2.75, 3.05) is 13.2 Å². The molecule has 1 aromatic carbocycles. The number of nitrogens with one attached hydrogen (secondary N) is 2. The van der Waals surface area contributed by atoms with Gasteiger partial charge >= 0.3 is 6.03 Å². The van der Waals surface area contributed by atoms with Crippen molar-refractivity contribution in [1.29, 1.82) is 0 Å². The maximum atomic E-state index is 13.0. The number of rotatable bonds is 5. The number of imide groups is 1. The summed E-state index contributed by atoms with van der Waals surface area (Å²) in [6.45, 7) is 2.89. The van der Waals surface area contributed by atoms with E-state index < -0.39 is 24.4 Å². The first-order chi connectivity index (χ1) is 9.43. The van der Waals surface area contributed by atoms with E-state index in [9.17, 15) is 18.8 Å². The van der Waals surface area contributed by atoms with Gasteiger partial charge in [0.1, 0.15) is 11.6 Å². The van der Waals surface area contributed by atoms with Crippen LogP contribution in [0.5, 0.6) is 5.75 Å². The fourth-order valence-corrected chi connectivity index (χ4v) is 1.41. The molecule has 0 bridgehead atoms. The Kier molecular flexibility index (Phi) is 5.64. The second-order valence-electron chi connectivity index (χ2n) is 3.89. The standard InChI is InChI=1S/C13H15FN2O4/c1-3-15-13(19)16-12(18)7-20-11-5-4-9(14)6-10(11)8(2)17/h4-6H,3,7H2,1-2H3,(H2,15,16,18,19). The predicted octanol–water partition coefficient (Wildman–Crippen LogP) is 1.25. The van der Waals surface area contributed by atoms with Gasteiger partial charge in [-0.15, -0.1) is 0 Å². The molecule has 0 radical (unpaired) electrons. The molecule has 20 heavy (non-hydrogen) atoms. The van der Waals surface area contributed by atoms with Gasteiger partial charge < -0.3 is 10.1 Å². The molecule has 0 unspecified atom stereocenters. The second-order valence-corrected chi connectivity index (χ2v) is 3.89. The number of hydrogen-bond acceptors (Lipinski definition) is 4. The number of halogens is 1. The van der Waals surface area contributed by atoms with Crippen LogP contribution < -0.4 is 15.4 Å². The van der Waals surface area contributed by atoms with Crippen molar-refractivity contribution in [2.24, 2.45) is 0 Å². The molecule has 2 N–H and O–H groups in total. The van der Waals surface area contributed by atoms with Crippen molar-refractivity contribution in [2.45, 2.75) is 13.8 Å². The molecule has 0 heterocycles. The predicted molar refractivity (Wildman–Crippen MR) is 69.1 cm³/mol. The SMILES string of the molecule is CCNC(=O)NC(=O)COc1ccc(F)cc1C(C)=O. The summed E-state index contributed by atoms with van der Waals surface area (Å²) in [5.41, 5.74) is 0.0378. The first-order valence-corrected chi connectivity index (χ1v) is 5.95. The summed E-state index contributed by atoms with van der Waals surface area (Å²) in [7, 11) is 0. The van der Waals surface area contributed by atoms with Crippen LogP contribution in [0.3, 0.4) is 0 Å². The summed E-state index contributed by atoms with van der Waals surface area (Å²) >= 11 is 0. The molecular weight excluding hydrogens is 267 g/mol. The van der Waals surface area contributed by atoms with Crippen LogP contribution in [-0.2, 0) is 4.79 Å². The molecule has 0 aliphatic rings. The molecule has 0 aliphatic heterocycles. The van der Waals surface area contributed by atoms with E-state index in [1.165, 1.54) is 13.0 Å². The number of ether oxygens (including phenoxy) is 1. The third-order valence-electron chi connectivity index (χ3n) is 2.27. The number of amides is 3. The van der Waals surface area contributed by atoms with Gasteiger partial charge in [-0.2, -0.15) is 0 Å². The lowest BCUT2D eigenvalue weighted by atomic mass is 10.1. The number of carbonyl (C=O) groups is 3. The summed E-state index contributed by atoms with van der Waals surface area (Å²) in [6, 6.07) is 2.76. The Labute approximate surface area is 115 Å². The minimum absolute atomic E-state index is 0.0378. The number of urea groups is 1. The lowest BCUT2D eigenvalue weighted by Crippen LogP contribution is -2.41. The van der Waals surface area contributed by atoms with Crippen LogP contribution in [0, 0.1) is 5.82 Å². The lowest BCUT2D eigenvalue weighted by Gasteiger charge is -2.10. The Morgan fingerprint density at radius 2 is 2.00 bits per heavy atom. The van der Waals surface area contributed by atoms with E-state index in [1.54, 1.807) is 6.92 Å². The summed E-state index contributed by atoms with van der Waals surface area (Å²) in [5, 5.41) is 4.42. The van der Waals surface area contributed by atoms with Gasteiger partial charge in [-0.05, 0) is 32.0 Å². The van der Waals surface area contributed by atoms with Crippen molar-refractivity contribution in [1.82, 2.24) is 10.6 Å². The third-order valence-corrected chi connectivity index (χ3v) is 2.27. The van der Waals surface area contributed by atoms with Gasteiger partial charge in [0.25, 0.3) is 5.91 Å². The Morgan fingerprint density at radius 3 is 2.60 bits per heavy atom. The smallest absolute Gasteiger partial charge is 0.321 e. The number of benzene rings is 1. The van der Waals surface area contributed by atoms with Crippen molar-refractivity contribution in [3.05, 3.63) is 29.6 Å². The molecule has 0 atom stereocenters. The third kappa shape index (κ3) is 4.68. The number of Topliss-reactive ketones (excluding diaryl/α,β-unsaturated/α-hetero) is 1. The zero-order valence-corrected chi connectivity index (χ0v) is 11.2. The monoisotopic (exact) mass is 282 g/mol. The van der Waals surface area contributed by atoms with Gasteiger partial charge in [0.05, 0.1) is 5.56 Å². The number of ketones is 1. The highest BCUT2D eigenvalue weighted by Crippen LogP contribution is 2.20. The van der Waals surface area contributed by atoms with Crippen LogP contribution in [0.15, 0.2) is 18.2 Å². The van der Waals surface area contributed by atoms with Crippen LogP contribution in [0.25, 0.3) is 0 Å². The Hall–Kier alpha value is -2.44.